The van der Waals surface area contributed by atoms with E-state index in [1.807, 2.05) is 18.7 Å². The van der Waals surface area contributed by atoms with Gasteiger partial charge in [0, 0.05) is 17.8 Å². The SMILES string of the molecule is CCSCC(C)NC(C)CC(=O)O. The summed E-state index contributed by atoms with van der Waals surface area (Å²) >= 11 is 1.87. The summed E-state index contributed by atoms with van der Waals surface area (Å²) in [6.45, 7) is 6.11. The summed E-state index contributed by atoms with van der Waals surface area (Å²) in [6.07, 6.45) is 0.196. The van der Waals surface area contributed by atoms with Crippen LogP contribution in [0.15, 0.2) is 0 Å². The largest absolute Gasteiger partial charge is 0.481 e. The van der Waals surface area contributed by atoms with Gasteiger partial charge >= 0.3 is 5.97 Å². The summed E-state index contributed by atoms with van der Waals surface area (Å²) in [5.41, 5.74) is 0. The molecule has 0 saturated heterocycles. The summed E-state index contributed by atoms with van der Waals surface area (Å²) in [4.78, 5) is 10.4. The van der Waals surface area contributed by atoms with Crippen LogP contribution < -0.4 is 5.32 Å². The Hall–Kier alpha value is -0.220. The van der Waals surface area contributed by atoms with Gasteiger partial charge in [0.15, 0.2) is 0 Å². The first-order valence-corrected chi connectivity index (χ1v) is 5.77. The highest BCUT2D eigenvalue weighted by Crippen LogP contribution is 2.02. The average Bonchev–Trinajstić information content (AvgIpc) is 1.98. The molecule has 2 unspecified atom stereocenters. The highest BCUT2D eigenvalue weighted by Gasteiger charge is 2.10. The molecular weight excluding hydrogens is 186 g/mol. The topological polar surface area (TPSA) is 49.3 Å². The molecule has 0 amide bonds. The van der Waals surface area contributed by atoms with Crippen molar-refractivity contribution in [3.05, 3.63) is 0 Å². The molecule has 0 radical (unpaired) electrons. The molecule has 0 aliphatic rings. The maximum absolute atomic E-state index is 10.4. The summed E-state index contributed by atoms with van der Waals surface area (Å²) in [7, 11) is 0. The van der Waals surface area contributed by atoms with Crippen molar-refractivity contribution in [1.82, 2.24) is 5.32 Å². The van der Waals surface area contributed by atoms with E-state index in [2.05, 4.69) is 19.2 Å². The molecule has 4 heteroatoms. The zero-order valence-electron chi connectivity index (χ0n) is 8.54. The van der Waals surface area contributed by atoms with E-state index in [0.29, 0.717) is 6.04 Å². The predicted octanol–water partition coefficient (Wildman–Crippen LogP) is 1.58. The molecule has 0 aromatic carbocycles. The van der Waals surface area contributed by atoms with Crippen molar-refractivity contribution in [1.29, 1.82) is 0 Å². The van der Waals surface area contributed by atoms with Gasteiger partial charge < -0.3 is 10.4 Å². The monoisotopic (exact) mass is 205 g/mol. The van der Waals surface area contributed by atoms with Gasteiger partial charge in [-0.2, -0.15) is 11.8 Å². The third kappa shape index (κ3) is 8.12. The Kier molecular flexibility index (Phi) is 7.09. The maximum Gasteiger partial charge on any atom is 0.304 e. The van der Waals surface area contributed by atoms with Crippen LogP contribution in [0.5, 0.6) is 0 Å². The highest BCUT2D eigenvalue weighted by molar-refractivity contribution is 7.99. The van der Waals surface area contributed by atoms with Crippen LogP contribution in [-0.2, 0) is 4.79 Å². The number of rotatable bonds is 7. The van der Waals surface area contributed by atoms with Crippen molar-refractivity contribution < 1.29 is 9.90 Å². The van der Waals surface area contributed by atoms with Crippen molar-refractivity contribution in [3.8, 4) is 0 Å². The number of thioether (sulfide) groups is 1. The molecule has 0 saturated carbocycles. The lowest BCUT2D eigenvalue weighted by Gasteiger charge is -2.17. The van der Waals surface area contributed by atoms with E-state index >= 15 is 0 Å². The van der Waals surface area contributed by atoms with Crippen molar-refractivity contribution in [2.75, 3.05) is 11.5 Å². The molecule has 2 atom stereocenters. The lowest BCUT2D eigenvalue weighted by atomic mass is 10.2. The molecule has 0 heterocycles. The van der Waals surface area contributed by atoms with Gasteiger partial charge in [0.1, 0.15) is 0 Å². The number of aliphatic carboxylic acids is 1. The highest BCUT2D eigenvalue weighted by atomic mass is 32.2. The Labute approximate surface area is 84.3 Å². The third-order valence-corrected chi connectivity index (χ3v) is 2.77. The van der Waals surface area contributed by atoms with Crippen LogP contribution in [0.25, 0.3) is 0 Å². The summed E-state index contributed by atoms with van der Waals surface area (Å²) in [6, 6.07) is 0.448. The van der Waals surface area contributed by atoms with Crippen LogP contribution in [-0.4, -0.2) is 34.7 Å². The fraction of sp³-hybridized carbons (Fsp3) is 0.889. The van der Waals surface area contributed by atoms with E-state index in [-0.39, 0.29) is 12.5 Å². The molecular formula is C9H19NO2S. The summed E-state index contributed by atoms with van der Waals surface area (Å²) < 4.78 is 0. The number of hydrogen-bond acceptors (Lipinski definition) is 3. The molecule has 0 aromatic heterocycles. The Morgan fingerprint density at radius 3 is 2.54 bits per heavy atom. The van der Waals surface area contributed by atoms with Gasteiger partial charge in [0.25, 0.3) is 0 Å². The van der Waals surface area contributed by atoms with Gasteiger partial charge in [0.2, 0.25) is 0 Å². The van der Waals surface area contributed by atoms with Crippen LogP contribution in [0, 0.1) is 0 Å². The first-order valence-electron chi connectivity index (χ1n) is 4.61. The molecule has 2 N–H and O–H groups in total. The molecule has 0 aliphatic heterocycles. The van der Waals surface area contributed by atoms with E-state index in [1.165, 1.54) is 0 Å². The molecule has 0 aliphatic carbocycles. The minimum atomic E-state index is -0.740. The van der Waals surface area contributed by atoms with E-state index < -0.39 is 5.97 Å². The van der Waals surface area contributed by atoms with Gasteiger partial charge in [-0.05, 0) is 19.6 Å². The van der Waals surface area contributed by atoms with Crippen molar-refractivity contribution in [2.24, 2.45) is 0 Å². The van der Waals surface area contributed by atoms with Gasteiger partial charge in [-0.1, -0.05) is 6.92 Å². The number of carboxylic acids is 1. The lowest BCUT2D eigenvalue weighted by Crippen LogP contribution is -2.37. The molecule has 78 valence electrons. The van der Waals surface area contributed by atoms with Crippen LogP contribution in [0.1, 0.15) is 27.2 Å². The predicted molar refractivity (Wildman–Crippen MR) is 57.3 cm³/mol. The lowest BCUT2D eigenvalue weighted by molar-refractivity contribution is -0.137. The third-order valence-electron chi connectivity index (χ3n) is 1.62. The molecule has 13 heavy (non-hydrogen) atoms. The van der Waals surface area contributed by atoms with Crippen LogP contribution in [0.2, 0.25) is 0 Å². The van der Waals surface area contributed by atoms with E-state index in [9.17, 15) is 4.79 Å². The average molecular weight is 205 g/mol. The van der Waals surface area contributed by atoms with Crippen molar-refractivity contribution in [2.45, 2.75) is 39.3 Å². The van der Waals surface area contributed by atoms with Crippen LogP contribution in [0.4, 0.5) is 0 Å². The van der Waals surface area contributed by atoms with Crippen molar-refractivity contribution >= 4 is 17.7 Å². The zero-order chi connectivity index (χ0) is 10.3. The minimum absolute atomic E-state index is 0.0601. The smallest absolute Gasteiger partial charge is 0.304 e. The van der Waals surface area contributed by atoms with Gasteiger partial charge in [-0.15, -0.1) is 0 Å². The van der Waals surface area contributed by atoms with E-state index in [0.717, 1.165) is 11.5 Å². The molecule has 0 aromatic rings. The molecule has 0 spiro atoms. The maximum atomic E-state index is 10.4. The first-order chi connectivity index (χ1) is 6.06. The molecule has 0 bridgehead atoms. The quantitative estimate of drug-likeness (QED) is 0.662. The van der Waals surface area contributed by atoms with Gasteiger partial charge in [-0.3, -0.25) is 4.79 Å². The molecule has 0 fully saturated rings. The van der Waals surface area contributed by atoms with Crippen molar-refractivity contribution in [3.63, 3.8) is 0 Å². The van der Waals surface area contributed by atoms with Gasteiger partial charge in [0.05, 0.1) is 6.42 Å². The molecule has 0 rings (SSSR count). The molecule has 3 nitrogen and oxygen atoms in total. The summed E-state index contributed by atoms with van der Waals surface area (Å²) in [5.74, 6) is 1.41. The fourth-order valence-electron chi connectivity index (χ4n) is 1.15. The number of carbonyl (C=O) groups is 1. The fourth-order valence-corrected chi connectivity index (χ4v) is 1.83. The number of carboxylic acid groups (broad SMARTS) is 1. The first kappa shape index (κ1) is 12.8. The Morgan fingerprint density at radius 1 is 1.46 bits per heavy atom. The second-order valence-corrected chi connectivity index (χ2v) is 4.55. The second kappa shape index (κ2) is 7.21. The van der Waals surface area contributed by atoms with E-state index in [4.69, 9.17) is 5.11 Å². The second-order valence-electron chi connectivity index (χ2n) is 3.23. The summed E-state index contributed by atoms with van der Waals surface area (Å²) in [5, 5.41) is 11.8. The Balaban J connectivity index is 3.52. The number of hydrogen-bond donors (Lipinski definition) is 2. The Bertz CT molecular complexity index is 153. The zero-order valence-corrected chi connectivity index (χ0v) is 9.36. The van der Waals surface area contributed by atoms with Crippen LogP contribution >= 0.6 is 11.8 Å². The number of nitrogens with one attached hydrogen (secondary N) is 1. The van der Waals surface area contributed by atoms with Crippen LogP contribution in [0.3, 0.4) is 0 Å². The van der Waals surface area contributed by atoms with E-state index in [1.54, 1.807) is 0 Å². The van der Waals surface area contributed by atoms with Gasteiger partial charge in [-0.25, -0.2) is 0 Å². The standard InChI is InChI=1S/C9H19NO2S/c1-4-13-6-8(3)10-7(2)5-9(11)12/h7-8,10H,4-6H2,1-3H3,(H,11,12). The minimum Gasteiger partial charge on any atom is -0.481 e. The Morgan fingerprint density at radius 2 is 2.08 bits per heavy atom. The normalized spacial score (nSPS) is 15.3.